The fourth-order valence-electron chi connectivity index (χ4n) is 1.95. The first-order valence-corrected chi connectivity index (χ1v) is 7.55. The van der Waals surface area contributed by atoms with Crippen molar-refractivity contribution in [1.82, 2.24) is 10.6 Å². The van der Waals surface area contributed by atoms with E-state index in [9.17, 15) is 4.39 Å². The number of rotatable bonds is 8. The summed E-state index contributed by atoms with van der Waals surface area (Å²) < 4.78 is 18.9. The first-order chi connectivity index (χ1) is 10.6. The van der Waals surface area contributed by atoms with E-state index < -0.39 is 0 Å². The van der Waals surface area contributed by atoms with Crippen LogP contribution in [0, 0.1) is 5.82 Å². The van der Waals surface area contributed by atoms with Crippen LogP contribution in [0.5, 0.6) is 0 Å². The molecule has 0 spiro atoms. The van der Waals surface area contributed by atoms with Gasteiger partial charge in [-0.1, -0.05) is 6.07 Å². The summed E-state index contributed by atoms with van der Waals surface area (Å²) in [4.78, 5) is 6.22. The number of nitrogens with zero attached hydrogens (tertiary/aromatic N) is 2. The summed E-state index contributed by atoms with van der Waals surface area (Å²) >= 11 is 0. The minimum absolute atomic E-state index is 0. The highest BCUT2D eigenvalue weighted by Gasteiger charge is 2.05. The molecule has 0 aliphatic heterocycles. The molecule has 2 N–H and O–H groups in total. The van der Waals surface area contributed by atoms with Crippen molar-refractivity contribution in [3.8, 4) is 0 Å². The van der Waals surface area contributed by atoms with E-state index in [4.69, 9.17) is 4.74 Å². The zero-order valence-electron chi connectivity index (χ0n) is 14.4. The van der Waals surface area contributed by atoms with Crippen LogP contribution in [0.3, 0.4) is 0 Å². The number of hydrogen-bond donors (Lipinski definition) is 2. The molecule has 0 atom stereocenters. The second kappa shape index (κ2) is 12.3. The molecule has 1 aromatic rings. The number of anilines is 1. The van der Waals surface area contributed by atoms with Crippen molar-refractivity contribution >= 4 is 35.6 Å². The third kappa shape index (κ3) is 8.36. The van der Waals surface area contributed by atoms with Crippen LogP contribution in [-0.2, 0) is 11.3 Å². The molecule has 0 aliphatic rings. The van der Waals surface area contributed by atoms with Gasteiger partial charge in [-0.2, -0.15) is 0 Å². The Morgan fingerprint density at radius 2 is 2.04 bits per heavy atom. The van der Waals surface area contributed by atoms with E-state index in [0.29, 0.717) is 18.8 Å². The molecule has 0 radical (unpaired) electrons. The normalized spacial score (nSPS) is 10.9. The molecule has 1 rings (SSSR count). The lowest BCUT2D eigenvalue weighted by Gasteiger charge is -2.14. The van der Waals surface area contributed by atoms with E-state index in [-0.39, 0.29) is 29.8 Å². The maximum absolute atomic E-state index is 13.9. The lowest BCUT2D eigenvalue weighted by Crippen LogP contribution is -2.38. The van der Waals surface area contributed by atoms with Crippen LogP contribution in [-0.4, -0.2) is 46.9 Å². The topological polar surface area (TPSA) is 48.9 Å². The van der Waals surface area contributed by atoms with Crippen molar-refractivity contribution in [2.24, 2.45) is 4.99 Å². The first-order valence-electron chi connectivity index (χ1n) is 7.55. The Kier molecular flexibility index (Phi) is 11.8. The summed E-state index contributed by atoms with van der Waals surface area (Å²) in [5.74, 6) is 0.506. The second-order valence-corrected chi connectivity index (χ2v) is 5.15. The van der Waals surface area contributed by atoms with Gasteiger partial charge < -0.3 is 20.3 Å². The molecule has 0 fully saturated rings. The number of methoxy groups -OCH3 is 1. The zero-order chi connectivity index (χ0) is 16.4. The highest BCUT2D eigenvalue weighted by Crippen LogP contribution is 2.18. The maximum atomic E-state index is 13.9. The molecular formula is C16H28FIN4O. The van der Waals surface area contributed by atoms with Gasteiger partial charge in [0.1, 0.15) is 5.82 Å². The standard InChI is InChI=1S/C16H27FN4O.HI/c1-5-18-16(19-9-6-10-22-4)20-12-13-7-8-15(21(2)3)14(17)11-13;/h7-8,11H,5-6,9-10,12H2,1-4H3,(H2,18,19,20);1H. The highest BCUT2D eigenvalue weighted by atomic mass is 127. The molecule has 0 amide bonds. The molecule has 0 heterocycles. The van der Waals surface area contributed by atoms with Gasteiger partial charge in [0, 0.05) is 40.9 Å². The van der Waals surface area contributed by atoms with Crippen molar-refractivity contribution in [3.63, 3.8) is 0 Å². The van der Waals surface area contributed by atoms with E-state index in [1.54, 1.807) is 18.1 Å². The number of ether oxygens (including phenoxy) is 1. The molecule has 0 aliphatic carbocycles. The average Bonchev–Trinajstić information content (AvgIpc) is 2.48. The summed E-state index contributed by atoms with van der Waals surface area (Å²) in [6.45, 7) is 4.73. The largest absolute Gasteiger partial charge is 0.385 e. The van der Waals surface area contributed by atoms with Gasteiger partial charge in [0.05, 0.1) is 12.2 Å². The van der Waals surface area contributed by atoms with Crippen molar-refractivity contribution in [3.05, 3.63) is 29.6 Å². The lowest BCUT2D eigenvalue weighted by atomic mass is 10.2. The fourth-order valence-corrected chi connectivity index (χ4v) is 1.95. The van der Waals surface area contributed by atoms with Gasteiger partial charge in [-0.25, -0.2) is 9.38 Å². The molecule has 7 heteroatoms. The van der Waals surface area contributed by atoms with Gasteiger partial charge in [-0.3, -0.25) is 0 Å². The average molecular weight is 438 g/mol. The Morgan fingerprint density at radius 3 is 2.61 bits per heavy atom. The number of halogens is 2. The predicted molar refractivity (Wildman–Crippen MR) is 105 cm³/mol. The van der Waals surface area contributed by atoms with Crippen molar-refractivity contribution in [2.45, 2.75) is 19.9 Å². The SMILES string of the molecule is CCNC(=NCc1ccc(N(C)C)c(F)c1)NCCCOC.I. The Labute approximate surface area is 155 Å². The number of nitrogens with one attached hydrogen (secondary N) is 2. The number of benzene rings is 1. The smallest absolute Gasteiger partial charge is 0.191 e. The van der Waals surface area contributed by atoms with Crippen LogP contribution in [0.25, 0.3) is 0 Å². The van der Waals surface area contributed by atoms with Crippen LogP contribution in [0.15, 0.2) is 23.2 Å². The molecule has 5 nitrogen and oxygen atoms in total. The van der Waals surface area contributed by atoms with E-state index in [0.717, 1.165) is 31.0 Å². The molecular weight excluding hydrogens is 410 g/mol. The van der Waals surface area contributed by atoms with Crippen LogP contribution >= 0.6 is 24.0 Å². The molecule has 0 aromatic heterocycles. The van der Waals surface area contributed by atoms with Crippen LogP contribution in [0.2, 0.25) is 0 Å². The Bertz CT molecular complexity index is 483. The lowest BCUT2D eigenvalue weighted by molar-refractivity contribution is 0.195. The monoisotopic (exact) mass is 438 g/mol. The summed E-state index contributed by atoms with van der Waals surface area (Å²) in [5.41, 5.74) is 1.43. The number of guanidine groups is 1. The van der Waals surface area contributed by atoms with Gasteiger partial charge in [0.25, 0.3) is 0 Å². The van der Waals surface area contributed by atoms with E-state index in [1.807, 2.05) is 27.1 Å². The molecule has 0 unspecified atom stereocenters. The maximum Gasteiger partial charge on any atom is 0.191 e. The predicted octanol–water partition coefficient (Wildman–Crippen LogP) is 2.60. The van der Waals surface area contributed by atoms with Crippen LogP contribution < -0.4 is 15.5 Å². The van der Waals surface area contributed by atoms with Crippen molar-refractivity contribution < 1.29 is 9.13 Å². The van der Waals surface area contributed by atoms with Gasteiger partial charge in [-0.05, 0) is 31.0 Å². The minimum atomic E-state index is -0.226. The Morgan fingerprint density at radius 1 is 1.30 bits per heavy atom. The highest BCUT2D eigenvalue weighted by molar-refractivity contribution is 14.0. The first kappa shape index (κ1) is 21.9. The van der Waals surface area contributed by atoms with E-state index in [1.165, 1.54) is 6.07 Å². The molecule has 1 aromatic carbocycles. The Hall–Kier alpha value is -1.09. The molecule has 0 bridgehead atoms. The molecule has 132 valence electrons. The summed E-state index contributed by atoms with van der Waals surface area (Å²) in [6.07, 6.45) is 0.910. The zero-order valence-corrected chi connectivity index (χ0v) is 16.7. The van der Waals surface area contributed by atoms with Crippen molar-refractivity contribution in [2.75, 3.05) is 45.8 Å². The second-order valence-electron chi connectivity index (χ2n) is 5.15. The fraction of sp³-hybridized carbons (Fsp3) is 0.562. The van der Waals surface area contributed by atoms with E-state index >= 15 is 0 Å². The number of hydrogen-bond acceptors (Lipinski definition) is 3. The van der Waals surface area contributed by atoms with Gasteiger partial charge in [0.2, 0.25) is 0 Å². The van der Waals surface area contributed by atoms with Crippen molar-refractivity contribution in [1.29, 1.82) is 0 Å². The van der Waals surface area contributed by atoms with Crippen LogP contribution in [0.4, 0.5) is 10.1 Å². The third-order valence-corrected chi connectivity index (χ3v) is 3.08. The summed E-state index contributed by atoms with van der Waals surface area (Å²) in [7, 11) is 5.33. The van der Waals surface area contributed by atoms with Gasteiger partial charge in [-0.15, -0.1) is 24.0 Å². The van der Waals surface area contributed by atoms with Gasteiger partial charge in [0.15, 0.2) is 5.96 Å². The number of aliphatic imine (C=N–C) groups is 1. The molecule has 23 heavy (non-hydrogen) atoms. The minimum Gasteiger partial charge on any atom is -0.385 e. The molecule has 0 saturated heterocycles. The summed E-state index contributed by atoms with van der Waals surface area (Å²) in [6, 6.07) is 5.21. The van der Waals surface area contributed by atoms with Crippen LogP contribution in [0.1, 0.15) is 18.9 Å². The third-order valence-electron chi connectivity index (χ3n) is 3.08. The van der Waals surface area contributed by atoms with E-state index in [2.05, 4.69) is 15.6 Å². The Balaban J connectivity index is 0.00000484. The quantitative estimate of drug-likeness (QED) is 0.284. The van der Waals surface area contributed by atoms with Gasteiger partial charge >= 0.3 is 0 Å². The molecule has 0 saturated carbocycles. The summed E-state index contributed by atoms with van der Waals surface area (Å²) in [5, 5.41) is 6.40.